The molecule has 0 saturated carbocycles. The second-order valence-corrected chi connectivity index (χ2v) is 7.22. The number of rotatable bonds is 11. The van der Waals surface area contributed by atoms with E-state index in [1.54, 1.807) is 25.7 Å². The second-order valence-electron chi connectivity index (χ2n) is 7.22. The highest BCUT2D eigenvalue weighted by atomic mass is 16.5. The zero-order chi connectivity index (χ0) is 17.4. The van der Waals surface area contributed by atoms with Crippen LogP contribution in [0.25, 0.3) is 0 Å². The lowest BCUT2D eigenvalue weighted by atomic mass is 9.99. The fourth-order valence-electron chi connectivity index (χ4n) is 2.03. The monoisotopic (exact) mass is 316 g/mol. The Bertz CT molecular complexity index is 328. The molecule has 22 heavy (non-hydrogen) atoms. The summed E-state index contributed by atoms with van der Waals surface area (Å²) in [6.07, 6.45) is 2.13. The van der Waals surface area contributed by atoms with Crippen LogP contribution >= 0.6 is 0 Å². The highest BCUT2D eigenvalue weighted by molar-refractivity contribution is 5.84. The predicted molar refractivity (Wildman–Crippen MR) is 90.7 cm³/mol. The molecule has 3 N–H and O–H groups in total. The van der Waals surface area contributed by atoms with Crippen molar-refractivity contribution in [2.24, 2.45) is 11.7 Å². The quantitative estimate of drug-likeness (QED) is 0.612. The molecule has 5 heteroatoms. The van der Waals surface area contributed by atoms with Gasteiger partial charge in [-0.2, -0.15) is 0 Å². The Morgan fingerprint density at radius 2 is 1.86 bits per heavy atom. The van der Waals surface area contributed by atoms with E-state index < -0.39 is 11.2 Å². The van der Waals surface area contributed by atoms with Crippen LogP contribution in [0.5, 0.6) is 0 Å². The lowest BCUT2D eigenvalue weighted by Gasteiger charge is -2.33. The molecule has 0 fully saturated rings. The maximum atomic E-state index is 12.7. The van der Waals surface area contributed by atoms with Crippen molar-refractivity contribution >= 4 is 5.91 Å². The fourth-order valence-corrected chi connectivity index (χ4v) is 2.03. The first-order valence-corrected chi connectivity index (χ1v) is 8.41. The Kier molecular flexibility index (Phi) is 9.20. The molecule has 0 radical (unpaired) electrons. The molecule has 0 aromatic rings. The van der Waals surface area contributed by atoms with Gasteiger partial charge in [0.05, 0.1) is 12.2 Å². The van der Waals surface area contributed by atoms with Crippen molar-refractivity contribution in [3.63, 3.8) is 0 Å². The summed E-state index contributed by atoms with van der Waals surface area (Å²) in [4.78, 5) is 14.5. The number of hydrogen-bond acceptors (Lipinski definition) is 4. The van der Waals surface area contributed by atoms with Gasteiger partial charge in [0, 0.05) is 19.6 Å². The van der Waals surface area contributed by atoms with E-state index in [1.165, 1.54) is 0 Å². The van der Waals surface area contributed by atoms with Gasteiger partial charge < -0.3 is 20.5 Å². The number of nitrogens with zero attached hydrogens (tertiary/aromatic N) is 1. The smallest absolute Gasteiger partial charge is 0.254 e. The van der Waals surface area contributed by atoms with Crippen LogP contribution in [-0.2, 0) is 9.53 Å². The highest BCUT2D eigenvalue weighted by Crippen LogP contribution is 2.19. The fraction of sp³-hybridized carbons (Fsp3) is 0.941. The van der Waals surface area contributed by atoms with Crippen molar-refractivity contribution in [1.29, 1.82) is 0 Å². The van der Waals surface area contributed by atoms with Gasteiger partial charge in [-0.3, -0.25) is 4.79 Å². The van der Waals surface area contributed by atoms with Crippen LogP contribution in [-0.4, -0.2) is 53.4 Å². The van der Waals surface area contributed by atoms with Crippen LogP contribution in [0.15, 0.2) is 0 Å². The normalized spacial score (nSPS) is 15.0. The average molecular weight is 316 g/mol. The average Bonchev–Trinajstić information content (AvgIpc) is 2.42. The minimum Gasteiger partial charge on any atom is -0.390 e. The molecule has 0 aromatic heterocycles. The van der Waals surface area contributed by atoms with E-state index in [0.29, 0.717) is 45.0 Å². The summed E-state index contributed by atoms with van der Waals surface area (Å²) in [7, 11) is 0. The topological polar surface area (TPSA) is 75.8 Å². The van der Waals surface area contributed by atoms with E-state index in [4.69, 9.17) is 10.5 Å². The summed E-state index contributed by atoms with van der Waals surface area (Å²) in [6, 6.07) is 0. The van der Waals surface area contributed by atoms with Crippen molar-refractivity contribution in [1.82, 2.24) is 4.90 Å². The Morgan fingerprint density at radius 1 is 1.27 bits per heavy atom. The molecule has 0 heterocycles. The lowest BCUT2D eigenvalue weighted by molar-refractivity contribution is -0.156. The van der Waals surface area contributed by atoms with Gasteiger partial charge in [-0.15, -0.1) is 0 Å². The van der Waals surface area contributed by atoms with E-state index in [-0.39, 0.29) is 5.91 Å². The zero-order valence-corrected chi connectivity index (χ0v) is 15.3. The number of hydrogen-bond donors (Lipinski definition) is 2. The highest BCUT2D eigenvalue weighted by Gasteiger charge is 2.33. The summed E-state index contributed by atoms with van der Waals surface area (Å²) in [5, 5.41) is 10.0. The van der Waals surface area contributed by atoms with Crippen LogP contribution in [0.2, 0.25) is 0 Å². The third kappa shape index (κ3) is 8.11. The summed E-state index contributed by atoms with van der Waals surface area (Å²) in [5.41, 5.74) is 3.99. The maximum Gasteiger partial charge on any atom is 0.254 e. The number of aliphatic hydroxyl groups is 1. The van der Waals surface area contributed by atoms with Crippen molar-refractivity contribution in [3.05, 3.63) is 0 Å². The van der Waals surface area contributed by atoms with E-state index >= 15 is 0 Å². The van der Waals surface area contributed by atoms with E-state index in [1.807, 2.05) is 6.92 Å². The molecule has 0 aromatic carbocycles. The zero-order valence-electron chi connectivity index (χ0n) is 15.3. The number of amides is 1. The van der Waals surface area contributed by atoms with Crippen molar-refractivity contribution in [2.75, 3.05) is 26.2 Å². The molecule has 0 aliphatic rings. The van der Waals surface area contributed by atoms with Gasteiger partial charge >= 0.3 is 0 Å². The summed E-state index contributed by atoms with van der Waals surface area (Å²) in [5.74, 6) is 0.506. The summed E-state index contributed by atoms with van der Waals surface area (Å²) in [6.45, 7) is 13.6. The first kappa shape index (κ1) is 21.4. The molecule has 132 valence electrons. The summed E-state index contributed by atoms with van der Waals surface area (Å²) >= 11 is 0. The SMILES string of the molecule is CCC(C)(O)CCOC(C)(C)C(=O)N(CCN)CCC(C)C. The first-order valence-electron chi connectivity index (χ1n) is 8.41. The van der Waals surface area contributed by atoms with Crippen LogP contribution < -0.4 is 5.73 Å². The van der Waals surface area contributed by atoms with Gasteiger partial charge in [0.25, 0.3) is 5.91 Å². The minimum absolute atomic E-state index is 0.0326. The van der Waals surface area contributed by atoms with Crippen molar-refractivity contribution < 1.29 is 14.6 Å². The largest absolute Gasteiger partial charge is 0.390 e. The molecular formula is C17H36N2O3. The molecular weight excluding hydrogens is 280 g/mol. The Hall–Kier alpha value is -0.650. The van der Waals surface area contributed by atoms with Gasteiger partial charge in [-0.1, -0.05) is 20.8 Å². The molecule has 0 aliphatic carbocycles. The molecule has 1 unspecified atom stereocenters. The van der Waals surface area contributed by atoms with Crippen molar-refractivity contribution in [2.45, 2.75) is 72.0 Å². The lowest BCUT2D eigenvalue weighted by Crippen LogP contribution is -2.49. The minimum atomic E-state index is -0.893. The number of ether oxygens (including phenoxy) is 1. The number of carbonyl (C=O) groups excluding carboxylic acids is 1. The molecule has 0 saturated heterocycles. The van der Waals surface area contributed by atoms with Crippen LogP contribution in [0, 0.1) is 5.92 Å². The first-order chi connectivity index (χ1) is 10.1. The third-order valence-corrected chi connectivity index (χ3v) is 4.04. The third-order valence-electron chi connectivity index (χ3n) is 4.04. The van der Waals surface area contributed by atoms with Gasteiger partial charge in [0.2, 0.25) is 0 Å². The van der Waals surface area contributed by atoms with E-state index in [9.17, 15) is 9.90 Å². The predicted octanol–water partition coefficient (Wildman–Crippen LogP) is 2.17. The Labute approximate surface area is 136 Å². The van der Waals surface area contributed by atoms with Gasteiger partial charge in [-0.25, -0.2) is 0 Å². The van der Waals surface area contributed by atoms with Crippen LogP contribution in [0.3, 0.4) is 0 Å². The molecule has 0 bridgehead atoms. The molecule has 1 atom stereocenters. The maximum absolute atomic E-state index is 12.7. The molecule has 0 spiro atoms. The molecule has 0 rings (SSSR count). The van der Waals surface area contributed by atoms with Crippen molar-refractivity contribution in [3.8, 4) is 0 Å². The Morgan fingerprint density at radius 3 is 2.32 bits per heavy atom. The number of nitrogens with two attached hydrogens (primary N) is 1. The molecule has 1 amide bonds. The second kappa shape index (κ2) is 9.48. The van der Waals surface area contributed by atoms with E-state index in [0.717, 1.165) is 6.42 Å². The number of carbonyl (C=O) groups is 1. The van der Waals surface area contributed by atoms with Gasteiger partial charge in [0.15, 0.2) is 0 Å². The van der Waals surface area contributed by atoms with E-state index in [2.05, 4.69) is 13.8 Å². The molecule has 5 nitrogen and oxygen atoms in total. The Balaban J connectivity index is 4.59. The van der Waals surface area contributed by atoms with Gasteiger partial charge in [0.1, 0.15) is 5.60 Å². The van der Waals surface area contributed by atoms with Crippen LogP contribution in [0.4, 0.5) is 0 Å². The van der Waals surface area contributed by atoms with Crippen LogP contribution in [0.1, 0.15) is 60.8 Å². The summed E-state index contributed by atoms with van der Waals surface area (Å²) < 4.78 is 5.77. The standard InChI is InChI=1S/C17H36N2O3/c1-7-17(6,21)9-13-22-16(4,5)15(20)19(12-10-18)11-8-14(2)3/h14,21H,7-13,18H2,1-6H3. The van der Waals surface area contributed by atoms with Gasteiger partial charge in [-0.05, 0) is 46.0 Å². The molecule has 0 aliphatic heterocycles.